The molecule has 28 heavy (non-hydrogen) atoms. The summed E-state index contributed by atoms with van der Waals surface area (Å²) in [4.78, 5) is 32.9. The van der Waals surface area contributed by atoms with Gasteiger partial charge in [-0.05, 0) is 19.8 Å². The smallest absolute Gasteiger partial charge is 0.351 e. The van der Waals surface area contributed by atoms with Gasteiger partial charge in [-0.15, -0.1) is 0 Å². The number of rotatable bonds is 6. The van der Waals surface area contributed by atoms with Gasteiger partial charge in [0, 0.05) is 12.3 Å². The molecular formula is C17H26N4O7. The first-order chi connectivity index (χ1) is 13.1. The second-order valence-corrected chi connectivity index (χ2v) is 7.61. The van der Waals surface area contributed by atoms with Crippen LogP contribution in [0.3, 0.4) is 0 Å². The fourth-order valence-corrected chi connectivity index (χ4v) is 3.14. The molecule has 0 amide bonds. The van der Waals surface area contributed by atoms with Crippen LogP contribution in [-0.2, 0) is 23.8 Å². The first-order valence-corrected chi connectivity index (χ1v) is 9.06. The number of anilines is 1. The largest absolute Gasteiger partial charge is 0.394 e. The molecule has 3 rings (SSSR count). The summed E-state index contributed by atoms with van der Waals surface area (Å²) in [6.45, 7) is 6.80. The van der Waals surface area contributed by atoms with Gasteiger partial charge in [-0.1, -0.05) is 13.8 Å². The minimum absolute atomic E-state index is 0.0442. The Balaban J connectivity index is 1.72. The topological polar surface area (TPSA) is 147 Å². The van der Waals surface area contributed by atoms with E-state index in [0.29, 0.717) is 0 Å². The molecule has 156 valence electrons. The molecule has 2 fully saturated rings. The van der Waals surface area contributed by atoms with Crippen LogP contribution < -0.4 is 16.9 Å². The van der Waals surface area contributed by atoms with Crippen LogP contribution in [0.25, 0.3) is 0 Å². The Kier molecular flexibility index (Phi) is 5.73. The van der Waals surface area contributed by atoms with Gasteiger partial charge >= 0.3 is 11.7 Å². The van der Waals surface area contributed by atoms with Crippen molar-refractivity contribution < 1.29 is 28.9 Å². The molecule has 2 aliphatic rings. The Morgan fingerprint density at radius 2 is 2.11 bits per heavy atom. The average Bonchev–Trinajstić information content (AvgIpc) is 3.11. The summed E-state index contributed by atoms with van der Waals surface area (Å²) in [5.41, 5.74) is 7.37. The average molecular weight is 398 g/mol. The first-order valence-electron chi connectivity index (χ1n) is 9.06. The standard InChI is InChI=1S/C17H26N4O7/c1-8(2)11(18)15(23)28-20-10-5-6-21(16(24)19-10)14-13-12(9(7-22)25-14)26-17(3,4)27-13/h5-6,8-9,11-14,22H,7,18H2,1-4H3,(H,19,20,24)/t9-,11-,12-,13-,14-/m1/s1. The van der Waals surface area contributed by atoms with Gasteiger partial charge in [0.25, 0.3) is 0 Å². The third-order valence-corrected chi connectivity index (χ3v) is 4.66. The molecule has 0 aliphatic carbocycles. The highest BCUT2D eigenvalue weighted by molar-refractivity contribution is 5.76. The van der Waals surface area contributed by atoms with Crippen molar-refractivity contribution in [1.82, 2.24) is 9.55 Å². The van der Waals surface area contributed by atoms with E-state index in [1.54, 1.807) is 27.7 Å². The van der Waals surface area contributed by atoms with Crippen LogP contribution in [0.2, 0.25) is 0 Å². The lowest BCUT2D eigenvalue weighted by Crippen LogP contribution is -2.38. The summed E-state index contributed by atoms with van der Waals surface area (Å²) in [6, 6.07) is 0.649. The Morgan fingerprint density at radius 3 is 2.71 bits per heavy atom. The molecule has 5 atom stereocenters. The number of nitrogens with zero attached hydrogens (tertiary/aromatic N) is 2. The third-order valence-electron chi connectivity index (χ3n) is 4.66. The van der Waals surface area contributed by atoms with Crippen LogP contribution in [0.4, 0.5) is 5.82 Å². The number of hydrogen-bond acceptors (Lipinski definition) is 10. The van der Waals surface area contributed by atoms with Crippen molar-refractivity contribution >= 4 is 11.8 Å². The van der Waals surface area contributed by atoms with Crippen LogP contribution in [0.15, 0.2) is 17.1 Å². The van der Waals surface area contributed by atoms with Crippen LogP contribution in [0.1, 0.15) is 33.9 Å². The molecule has 3 heterocycles. The number of carbonyl (C=O) groups excluding carboxylic acids is 1. The highest BCUT2D eigenvalue weighted by Gasteiger charge is 2.55. The number of aromatic nitrogens is 2. The SMILES string of the molecule is CC(C)[C@@H](N)C(=O)ONc1ccn([C@@H]2O[C@H](CO)[C@H]3OC(C)(C)O[C@H]32)c(=O)n1. The molecule has 2 aliphatic heterocycles. The monoisotopic (exact) mass is 398 g/mol. The minimum atomic E-state index is -0.854. The van der Waals surface area contributed by atoms with Gasteiger partial charge in [0.2, 0.25) is 0 Å². The van der Waals surface area contributed by atoms with E-state index in [1.165, 1.54) is 16.8 Å². The van der Waals surface area contributed by atoms with Crippen molar-refractivity contribution in [2.45, 2.75) is 64.1 Å². The first kappa shape index (κ1) is 20.7. The van der Waals surface area contributed by atoms with Gasteiger partial charge in [0.15, 0.2) is 17.8 Å². The molecule has 0 aromatic carbocycles. The van der Waals surface area contributed by atoms with E-state index in [0.717, 1.165) is 0 Å². The number of nitrogens with one attached hydrogen (secondary N) is 1. The van der Waals surface area contributed by atoms with Crippen molar-refractivity contribution in [3.8, 4) is 0 Å². The quantitative estimate of drug-likeness (QED) is 0.536. The molecule has 1 aromatic heterocycles. The summed E-state index contributed by atoms with van der Waals surface area (Å²) in [5, 5.41) is 9.53. The minimum Gasteiger partial charge on any atom is -0.394 e. The lowest BCUT2D eigenvalue weighted by molar-refractivity contribution is -0.200. The number of hydrogen-bond donors (Lipinski definition) is 3. The van der Waals surface area contributed by atoms with E-state index in [9.17, 15) is 14.7 Å². The van der Waals surface area contributed by atoms with E-state index < -0.39 is 48.0 Å². The van der Waals surface area contributed by atoms with Crippen molar-refractivity contribution in [3.63, 3.8) is 0 Å². The number of aliphatic hydroxyl groups is 1. The summed E-state index contributed by atoms with van der Waals surface area (Å²) < 4.78 is 18.6. The third kappa shape index (κ3) is 4.03. The maximum Gasteiger partial charge on any atom is 0.351 e. The van der Waals surface area contributed by atoms with E-state index >= 15 is 0 Å². The second kappa shape index (κ2) is 7.76. The molecule has 11 nitrogen and oxygen atoms in total. The van der Waals surface area contributed by atoms with E-state index in [1.807, 2.05) is 0 Å². The van der Waals surface area contributed by atoms with Crippen molar-refractivity contribution in [2.24, 2.45) is 11.7 Å². The highest BCUT2D eigenvalue weighted by atomic mass is 16.8. The number of carbonyl (C=O) groups is 1. The predicted molar refractivity (Wildman–Crippen MR) is 95.8 cm³/mol. The summed E-state index contributed by atoms with van der Waals surface area (Å²) >= 11 is 0. The number of fused-ring (bicyclic) bond motifs is 1. The van der Waals surface area contributed by atoms with Crippen LogP contribution in [-0.4, -0.2) is 57.4 Å². The Hall–Kier alpha value is -2.05. The van der Waals surface area contributed by atoms with Crippen LogP contribution >= 0.6 is 0 Å². The predicted octanol–water partition coefficient (Wildman–Crippen LogP) is -0.493. The highest BCUT2D eigenvalue weighted by Crippen LogP contribution is 2.42. The molecule has 0 bridgehead atoms. The summed E-state index contributed by atoms with van der Waals surface area (Å²) in [7, 11) is 0. The number of aliphatic hydroxyl groups excluding tert-OH is 1. The lowest BCUT2D eigenvalue weighted by Gasteiger charge is -2.24. The summed E-state index contributed by atoms with van der Waals surface area (Å²) in [5.74, 6) is -1.57. The van der Waals surface area contributed by atoms with Crippen LogP contribution in [0, 0.1) is 5.92 Å². The molecule has 0 saturated carbocycles. The van der Waals surface area contributed by atoms with Gasteiger partial charge < -0.3 is 29.9 Å². The Morgan fingerprint density at radius 1 is 1.43 bits per heavy atom. The zero-order valence-electron chi connectivity index (χ0n) is 16.2. The number of ether oxygens (including phenoxy) is 3. The molecular weight excluding hydrogens is 372 g/mol. The van der Waals surface area contributed by atoms with Gasteiger partial charge in [0.1, 0.15) is 24.4 Å². The van der Waals surface area contributed by atoms with Gasteiger partial charge in [-0.3, -0.25) is 4.57 Å². The second-order valence-electron chi connectivity index (χ2n) is 7.61. The molecule has 4 N–H and O–H groups in total. The van der Waals surface area contributed by atoms with Gasteiger partial charge in [-0.25, -0.2) is 15.1 Å². The maximum absolute atomic E-state index is 12.5. The maximum atomic E-state index is 12.5. The molecule has 0 unspecified atom stereocenters. The lowest BCUT2D eigenvalue weighted by atomic mass is 10.1. The Labute approximate surface area is 161 Å². The fraction of sp³-hybridized carbons (Fsp3) is 0.706. The fourth-order valence-electron chi connectivity index (χ4n) is 3.14. The van der Waals surface area contributed by atoms with Crippen molar-refractivity contribution in [1.29, 1.82) is 0 Å². The molecule has 0 spiro atoms. The molecule has 1 aromatic rings. The normalized spacial score (nSPS) is 29.5. The molecule has 2 saturated heterocycles. The molecule has 11 heteroatoms. The summed E-state index contributed by atoms with van der Waals surface area (Å²) in [6.07, 6.45) is -1.08. The number of nitrogens with two attached hydrogens (primary N) is 1. The van der Waals surface area contributed by atoms with Gasteiger partial charge in [0.05, 0.1) is 6.61 Å². The van der Waals surface area contributed by atoms with Crippen molar-refractivity contribution in [3.05, 3.63) is 22.7 Å². The van der Waals surface area contributed by atoms with E-state index in [-0.39, 0.29) is 18.3 Å². The van der Waals surface area contributed by atoms with Crippen LogP contribution in [0.5, 0.6) is 0 Å². The Bertz CT molecular complexity index is 781. The zero-order valence-corrected chi connectivity index (χ0v) is 16.2. The van der Waals surface area contributed by atoms with E-state index in [4.69, 9.17) is 24.8 Å². The van der Waals surface area contributed by atoms with Crippen molar-refractivity contribution in [2.75, 3.05) is 12.1 Å². The van der Waals surface area contributed by atoms with E-state index in [2.05, 4.69) is 10.5 Å². The van der Waals surface area contributed by atoms with Gasteiger partial charge in [-0.2, -0.15) is 4.98 Å². The molecule has 0 radical (unpaired) electrons. The zero-order chi connectivity index (χ0) is 20.6.